The Morgan fingerprint density at radius 1 is 0.909 bits per heavy atom. The van der Waals surface area contributed by atoms with Gasteiger partial charge in [-0.25, -0.2) is 0 Å². The highest BCUT2D eigenvalue weighted by Crippen LogP contribution is 2.21. The molecule has 0 heterocycles. The second-order valence-electron chi connectivity index (χ2n) is 6.15. The quantitative estimate of drug-likeness (QED) is 0.228. The molecule has 1 rings (SSSR count). The molecule has 124 valence electrons. The molecular weight excluding hydrogens is 274 g/mol. The molecule has 0 aliphatic heterocycles. The number of benzene rings is 1. The molecule has 0 bridgehead atoms. The molecule has 0 aliphatic carbocycles. The fourth-order valence-electron chi connectivity index (χ4n) is 2.76. The second-order valence-corrected chi connectivity index (χ2v) is 6.15. The van der Waals surface area contributed by atoms with Gasteiger partial charge >= 0.3 is 0 Å². The summed E-state index contributed by atoms with van der Waals surface area (Å²) in [6, 6.07) is 5.85. The summed E-state index contributed by atoms with van der Waals surface area (Å²) in [6.45, 7) is 2.07. The Balaban J connectivity index is 1.92. The van der Waals surface area contributed by atoms with Gasteiger partial charge in [-0.2, -0.15) is 0 Å². The maximum Gasteiger partial charge on any atom is 0.118 e. The molecule has 0 aliphatic rings. The topological polar surface area (TPSA) is 52.8 Å². The molecule has 0 saturated carbocycles. The fourth-order valence-corrected chi connectivity index (χ4v) is 2.76. The first kappa shape index (κ1) is 18.5. The lowest BCUT2D eigenvalue weighted by Gasteiger charge is -2.06. The Bertz CT molecular complexity index is 429. The van der Waals surface area contributed by atoms with Gasteiger partial charge in [0.15, 0.2) is 0 Å². The van der Waals surface area contributed by atoms with Gasteiger partial charge in [-0.15, -0.1) is 5.16 Å². The van der Waals surface area contributed by atoms with Gasteiger partial charge in [-0.1, -0.05) is 62.6 Å². The monoisotopic (exact) mass is 305 g/mol. The molecule has 0 unspecified atom stereocenters. The SMILES string of the molecule is Cc1ccc(O)c(CCCCCCCCCCCC=NO)c1. The number of nitrogens with zero attached hydrogens (tertiary/aromatic N) is 1. The van der Waals surface area contributed by atoms with Crippen LogP contribution >= 0.6 is 0 Å². The number of unbranched alkanes of at least 4 members (excludes halogenated alkanes) is 9. The summed E-state index contributed by atoms with van der Waals surface area (Å²) in [5, 5.41) is 21.1. The van der Waals surface area contributed by atoms with E-state index in [4.69, 9.17) is 5.21 Å². The van der Waals surface area contributed by atoms with E-state index in [2.05, 4.69) is 18.1 Å². The summed E-state index contributed by atoms with van der Waals surface area (Å²) in [7, 11) is 0. The fraction of sp³-hybridized carbons (Fsp3) is 0.632. The number of hydrogen-bond acceptors (Lipinski definition) is 3. The minimum Gasteiger partial charge on any atom is -0.508 e. The minimum absolute atomic E-state index is 0.442. The van der Waals surface area contributed by atoms with Crippen molar-refractivity contribution < 1.29 is 10.3 Å². The molecule has 22 heavy (non-hydrogen) atoms. The lowest BCUT2D eigenvalue weighted by atomic mass is 10.0. The molecule has 0 spiro atoms. The Morgan fingerprint density at radius 2 is 1.50 bits per heavy atom. The highest BCUT2D eigenvalue weighted by molar-refractivity contribution is 5.55. The van der Waals surface area contributed by atoms with Gasteiger partial charge in [0, 0.05) is 6.21 Å². The Labute approximate surface area is 135 Å². The van der Waals surface area contributed by atoms with Crippen molar-refractivity contribution in [2.45, 2.75) is 77.6 Å². The number of rotatable bonds is 12. The van der Waals surface area contributed by atoms with Crippen molar-refractivity contribution in [1.29, 1.82) is 0 Å². The van der Waals surface area contributed by atoms with E-state index in [0.29, 0.717) is 5.75 Å². The molecule has 0 atom stereocenters. The van der Waals surface area contributed by atoms with E-state index in [1.54, 1.807) is 12.3 Å². The van der Waals surface area contributed by atoms with Crippen LogP contribution in [-0.2, 0) is 6.42 Å². The molecule has 0 saturated heterocycles. The molecule has 1 aromatic rings. The van der Waals surface area contributed by atoms with Gasteiger partial charge in [0.1, 0.15) is 5.75 Å². The van der Waals surface area contributed by atoms with E-state index in [1.807, 2.05) is 6.07 Å². The van der Waals surface area contributed by atoms with E-state index >= 15 is 0 Å². The Morgan fingerprint density at radius 3 is 2.14 bits per heavy atom. The molecule has 1 aromatic carbocycles. The second kappa shape index (κ2) is 12.1. The summed E-state index contributed by atoms with van der Waals surface area (Å²) in [4.78, 5) is 0. The number of aryl methyl sites for hydroxylation is 2. The number of phenols is 1. The van der Waals surface area contributed by atoms with Crippen LogP contribution in [0.2, 0.25) is 0 Å². The summed E-state index contributed by atoms with van der Waals surface area (Å²) < 4.78 is 0. The molecule has 3 nitrogen and oxygen atoms in total. The largest absolute Gasteiger partial charge is 0.508 e. The maximum atomic E-state index is 9.79. The first-order valence-corrected chi connectivity index (χ1v) is 8.68. The van der Waals surface area contributed by atoms with Crippen molar-refractivity contribution in [2.24, 2.45) is 5.16 Å². The third-order valence-corrected chi connectivity index (χ3v) is 4.10. The third kappa shape index (κ3) is 8.71. The number of oxime groups is 1. The summed E-state index contributed by atoms with van der Waals surface area (Å²) in [6.07, 6.45) is 14.8. The number of phenolic OH excluding ortho intramolecular Hbond substituents is 1. The lowest BCUT2D eigenvalue weighted by Crippen LogP contribution is -1.88. The van der Waals surface area contributed by atoms with Crippen LogP contribution in [0.25, 0.3) is 0 Å². The molecule has 0 radical (unpaired) electrons. The smallest absolute Gasteiger partial charge is 0.118 e. The molecular formula is C19H31NO2. The van der Waals surface area contributed by atoms with Crippen molar-refractivity contribution in [2.75, 3.05) is 0 Å². The minimum atomic E-state index is 0.442. The van der Waals surface area contributed by atoms with E-state index in [1.165, 1.54) is 50.5 Å². The van der Waals surface area contributed by atoms with Gasteiger partial charge in [0.25, 0.3) is 0 Å². The van der Waals surface area contributed by atoms with Crippen LogP contribution in [-0.4, -0.2) is 16.5 Å². The maximum absolute atomic E-state index is 9.79. The van der Waals surface area contributed by atoms with Crippen molar-refractivity contribution >= 4 is 6.21 Å². The van der Waals surface area contributed by atoms with Crippen LogP contribution in [0.5, 0.6) is 5.75 Å². The van der Waals surface area contributed by atoms with Crippen molar-refractivity contribution in [3.8, 4) is 5.75 Å². The first-order chi connectivity index (χ1) is 10.7. The first-order valence-electron chi connectivity index (χ1n) is 8.68. The predicted molar refractivity (Wildman–Crippen MR) is 93.0 cm³/mol. The van der Waals surface area contributed by atoms with Gasteiger partial charge < -0.3 is 10.3 Å². The van der Waals surface area contributed by atoms with Gasteiger partial charge in [-0.05, 0) is 44.2 Å². The number of hydrogen-bond donors (Lipinski definition) is 2. The van der Waals surface area contributed by atoms with Crippen LogP contribution in [0.4, 0.5) is 0 Å². The van der Waals surface area contributed by atoms with Crippen molar-refractivity contribution in [3.63, 3.8) is 0 Å². The summed E-state index contributed by atoms with van der Waals surface area (Å²) >= 11 is 0. The highest BCUT2D eigenvalue weighted by atomic mass is 16.4. The zero-order valence-corrected chi connectivity index (χ0v) is 13.9. The molecule has 0 aromatic heterocycles. The summed E-state index contributed by atoms with van der Waals surface area (Å²) in [5.74, 6) is 0.442. The zero-order chi connectivity index (χ0) is 16.0. The van der Waals surface area contributed by atoms with Gasteiger partial charge in [0.2, 0.25) is 0 Å². The molecule has 0 amide bonds. The van der Waals surface area contributed by atoms with Crippen LogP contribution in [0.1, 0.15) is 75.3 Å². The average Bonchev–Trinajstić information content (AvgIpc) is 2.51. The Kier molecular flexibility index (Phi) is 10.2. The van der Waals surface area contributed by atoms with Crippen molar-refractivity contribution in [3.05, 3.63) is 29.3 Å². The Hall–Kier alpha value is -1.51. The van der Waals surface area contributed by atoms with E-state index in [9.17, 15) is 5.11 Å². The predicted octanol–water partition coefficient (Wildman–Crippen LogP) is 5.60. The van der Waals surface area contributed by atoms with Crippen LogP contribution in [0, 0.1) is 6.92 Å². The van der Waals surface area contributed by atoms with Crippen LogP contribution < -0.4 is 0 Å². The van der Waals surface area contributed by atoms with Gasteiger partial charge in [-0.3, -0.25) is 0 Å². The number of aromatic hydroxyl groups is 1. The lowest BCUT2D eigenvalue weighted by molar-refractivity contribution is 0.320. The van der Waals surface area contributed by atoms with E-state index in [-0.39, 0.29) is 0 Å². The van der Waals surface area contributed by atoms with E-state index < -0.39 is 0 Å². The van der Waals surface area contributed by atoms with Crippen LogP contribution in [0.15, 0.2) is 23.4 Å². The standard InChI is InChI=1S/C19H31NO2/c1-17-13-14-19(21)18(16-17)12-10-8-6-4-2-3-5-7-9-11-15-20-22/h13-16,21-22H,2-12H2,1H3. The van der Waals surface area contributed by atoms with E-state index in [0.717, 1.165) is 31.2 Å². The molecule has 0 fully saturated rings. The van der Waals surface area contributed by atoms with Gasteiger partial charge in [0.05, 0.1) is 0 Å². The summed E-state index contributed by atoms with van der Waals surface area (Å²) in [5.41, 5.74) is 2.31. The molecule has 2 N–H and O–H groups in total. The van der Waals surface area contributed by atoms with Crippen molar-refractivity contribution in [1.82, 2.24) is 0 Å². The zero-order valence-electron chi connectivity index (χ0n) is 13.9. The normalized spacial score (nSPS) is 11.3. The van der Waals surface area contributed by atoms with Crippen LogP contribution in [0.3, 0.4) is 0 Å². The molecule has 3 heteroatoms. The third-order valence-electron chi connectivity index (χ3n) is 4.10. The highest BCUT2D eigenvalue weighted by Gasteiger charge is 2.01. The average molecular weight is 305 g/mol.